The molecule has 0 radical (unpaired) electrons. The third kappa shape index (κ3) is 3.44. The van der Waals surface area contributed by atoms with E-state index in [1.807, 2.05) is 18.2 Å². The Labute approximate surface area is 131 Å². The molecule has 22 heavy (non-hydrogen) atoms. The maximum absolute atomic E-state index is 9.63. The van der Waals surface area contributed by atoms with Crippen LogP contribution in [-0.4, -0.2) is 28.5 Å². The van der Waals surface area contributed by atoms with E-state index in [9.17, 15) is 5.26 Å². The van der Waals surface area contributed by atoms with Gasteiger partial charge in [-0.1, -0.05) is 30.3 Å². The van der Waals surface area contributed by atoms with Crippen LogP contribution in [0.25, 0.3) is 0 Å². The quantitative estimate of drug-likeness (QED) is 0.941. The predicted octanol–water partition coefficient (Wildman–Crippen LogP) is 3.05. The number of nitriles is 1. The minimum Gasteiger partial charge on any atom is -0.366 e. The molecular formula is C18H20N4. The van der Waals surface area contributed by atoms with Gasteiger partial charge in [-0.15, -0.1) is 0 Å². The molecule has 1 aromatic carbocycles. The van der Waals surface area contributed by atoms with Gasteiger partial charge in [0.15, 0.2) is 0 Å². The summed E-state index contributed by atoms with van der Waals surface area (Å²) in [5.74, 6) is 0. The Morgan fingerprint density at radius 2 is 1.91 bits per heavy atom. The molecule has 112 valence electrons. The van der Waals surface area contributed by atoms with Crippen LogP contribution < -0.4 is 5.32 Å². The molecule has 1 N–H and O–H groups in total. The number of nitrogens with one attached hydrogen (secondary N) is 1. The predicted molar refractivity (Wildman–Crippen MR) is 87.2 cm³/mol. The summed E-state index contributed by atoms with van der Waals surface area (Å²) in [5.41, 5.74) is 1.77. The molecule has 1 aliphatic rings. The second kappa shape index (κ2) is 6.59. The number of aromatic nitrogens is 1. The SMILES string of the molecule is N#CC1(Nc2cccnc2)CCN(Cc2ccccc2)CC1. The number of hydrogen-bond acceptors (Lipinski definition) is 4. The van der Waals surface area contributed by atoms with Crippen LogP contribution in [0.4, 0.5) is 5.69 Å². The first-order valence-corrected chi connectivity index (χ1v) is 7.65. The van der Waals surface area contributed by atoms with Crippen molar-refractivity contribution in [3.05, 3.63) is 60.4 Å². The number of pyridine rings is 1. The van der Waals surface area contributed by atoms with E-state index in [1.165, 1.54) is 5.56 Å². The zero-order valence-corrected chi connectivity index (χ0v) is 12.6. The van der Waals surface area contributed by atoms with Gasteiger partial charge >= 0.3 is 0 Å². The molecule has 3 rings (SSSR count). The van der Waals surface area contributed by atoms with Gasteiger partial charge in [-0.05, 0) is 30.5 Å². The summed E-state index contributed by atoms with van der Waals surface area (Å²) in [4.78, 5) is 6.52. The highest BCUT2D eigenvalue weighted by atomic mass is 15.2. The van der Waals surface area contributed by atoms with E-state index in [0.29, 0.717) is 0 Å². The standard InChI is InChI=1S/C18H20N4/c19-15-18(21-17-7-4-10-20-13-17)8-11-22(12-9-18)14-16-5-2-1-3-6-16/h1-7,10,13,21H,8-9,11-12,14H2. The Hall–Kier alpha value is -2.38. The first kappa shape index (κ1) is 14.6. The molecule has 1 fully saturated rings. The van der Waals surface area contributed by atoms with Gasteiger partial charge in [0.1, 0.15) is 5.54 Å². The summed E-state index contributed by atoms with van der Waals surface area (Å²) in [7, 11) is 0. The van der Waals surface area contributed by atoms with Crippen LogP contribution in [-0.2, 0) is 6.54 Å². The third-order valence-electron chi connectivity index (χ3n) is 4.22. The van der Waals surface area contributed by atoms with Gasteiger partial charge in [-0.25, -0.2) is 0 Å². The lowest BCUT2D eigenvalue weighted by atomic mass is 9.88. The summed E-state index contributed by atoms with van der Waals surface area (Å²) in [5, 5.41) is 13.0. The molecular weight excluding hydrogens is 272 g/mol. The Morgan fingerprint density at radius 1 is 1.14 bits per heavy atom. The van der Waals surface area contributed by atoms with Crippen molar-refractivity contribution in [1.82, 2.24) is 9.88 Å². The minimum atomic E-state index is -0.476. The van der Waals surface area contributed by atoms with Crippen molar-refractivity contribution in [3.63, 3.8) is 0 Å². The third-order valence-corrected chi connectivity index (χ3v) is 4.22. The van der Waals surface area contributed by atoms with Gasteiger partial charge in [0, 0.05) is 32.0 Å². The fourth-order valence-electron chi connectivity index (χ4n) is 2.91. The molecule has 1 aromatic heterocycles. The molecule has 4 heteroatoms. The van der Waals surface area contributed by atoms with Gasteiger partial charge in [0.05, 0.1) is 11.8 Å². The number of piperidine rings is 1. The second-order valence-corrected chi connectivity index (χ2v) is 5.82. The smallest absolute Gasteiger partial charge is 0.127 e. The van der Waals surface area contributed by atoms with Crippen LogP contribution in [0.5, 0.6) is 0 Å². The zero-order valence-electron chi connectivity index (χ0n) is 12.6. The Balaban J connectivity index is 1.60. The van der Waals surface area contributed by atoms with Crippen LogP contribution in [0.2, 0.25) is 0 Å². The topological polar surface area (TPSA) is 52.0 Å². The fourth-order valence-corrected chi connectivity index (χ4v) is 2.91. The molecule has 0 saturated carbocycles. The molecule has 2 aromatic rings. The lowest BCUT2D eigenvalue weighted by molar-refractivity contribution is 0.189. The summed E-state index contributed by atoms with van der Waals surface area (Å²) in [6, 6.07) is 16.8. The van der Waals surface area contributed by atoms with Crippen molar-refractivity contribution in [2.45, 2.75) is 24.9 Å². The molecule has 0 bridgehead atoms. The van der Waals surface area contributed by atoms with E-state index in [2.05, 4.69) is 45.5 Å². The molecule has 0 spiro atoms. The van der Waals surface area contributed by atoms with Gasteiger partial charge < -0.3 is 5.32 Å². The number of hydrogen-bond donors (Lipinski definition) is 1. The summed E-state index contributed by atoms with van der Waals surface area (Å²) in [6.07, 6.45) is 5.17. The van der Waals surface area contributed by atoms with Crippen LogP contribution in [0.15, 0.2) is 54.9 Å². The number of anilines is 1. The van der Waals surface area contributed by atoms with Crippen LogP contribution in [0.3, 0.4) is 0 Å². The number of nitrogens with zero attached hydrogens (tertiary/aromatic N) is 3. The van der Waals surface area contributed by atoms with E-state index in [1.54, 1.807) is 12.4 Å². The first-order chi connectivity index (χ1) is 10.8. The Bertz CT molecular complexity index is 625. The van der Waals surface area contributed by atoms with Crippen LogP contribution in [0, 0.1) is 11.3 Å². The van der Waals surface area contributed by atoms with Gasteiger partial charge in [0.2, 0.25) is 0 Å². The van der Waals surface area contributed by atoms with E-state index >= 15 is 0 Å². The van der Waals surface area contributed by atoms with Crippen molar-refractivity contribution in [2.24, 2.45) is 0 Å². The highest BCUT2D eigenvalue weighted by Crippen LogP contribution is 2.27. The summed E-state index contributed by atoms with van der Waals surface area (Å²) >= 11 is 0. The Morgan fingerprint density at radius 3 is 2.55 bits per heavy atom. The van der Waals surface area contributed by atoms with Crippen molar-refractivity contribution >= 4 is 5.69 Å². The second-order valence-electron chi connectivity index (χ2n) is 5.82. The molecule has 2 heterocycles. The average molecular weight is 292 g/mol. The average Bonchev–Trinajstić information content (AvgIpc) is 2.59. The molecule has 0 unspecified atom stereocenters. The monoisotopic (exact) mass is 292 g/mol. The highest BCUT2D eigenvalue weighted by Gasteiger charge is 2.34. The molecule has 0 amide bonds. The summed E-state index contributed by atoms with van der Waals surface area (Å²) in [6.45, 7) is 2.81. The molecule has 1 saturated heterocycles. The lowest BCUT2D eigenvalue weighted by Gasteiger charge is -2.38. The molecule has 0 atom stereocenters. The highest BCUT2D eigenvalue weighted by molar-refractivity contribution is 5.45. The van der Waals surface area contributed by atoms with Crippen LogP contribution in [0.1, 0.15) is 18.4 Å². The van der Waals surface area contributed by atoms with Crippen LogP contribution >= 0.6 is 0 Å². The van der Waals surface area contributed by atoms with Crippen molar-refractivity contribution in [1.29, 1.82) is 5.26 Å². The summed E-state index contributed by atoms with van der Waals surface area (Å²) < 4.78 is 0. The van der Waals surface area contributed by atoms with E-state index in [-0.39, 0.29) is 0 Å². The van der Waals surface area contributed by atoms with Gasteiger partial charge in [-0.2, -0.15) is 5.26 Å². The molecule has 1 aliphatic heterocycles. The van der Waals surface area contributed by atoms with E-state index in [4.69, 9.17) is 0 Å². The number of likely N-dealkylation sites (tertiary alicyclic amines) is 1. The number of rotatable bonds is 4. The van der Waals surface area contributed by atoms with Crippen molar-refractivity contribution in [3.8, 4) is 6.07 Å². The van der Waals surface area contributed by atoms with Gasteiger partial charge in [0.25, 0.3) is 0 Å². The van der Waals surface area contributed by atoms with Gasteiger partial charge in [-0.3, -0.25) is 9.88 Å². The van der Waals surface area contributed by atoms with Crippen molar-refractivity contribution in [2.75, 3.05) is 18.4 Å². The maximum Gasteiger partial charge on any atom is 0.127 e. The normalized spacial score (nSPS) is 17.6. The van der Waals surface area contributed by atoms with E-state index < -0.39 is 5.54 Å². The minimum absolute atomic E-state index is 0.476. The zero-order chi connectivity index (χ0) is 15.3. The van der Waals surface area contributed by atoms with E-state index in [0.717, 1.165) is 38.2 Å². The molecule has 4 nitrogen and oxygen atoms in total. The fraction of sp³-hybridized carbons (Fsp3) is 0.333. The largest absolute Gasteiger partial charge is 0.366 e. The maximum atomic E-state index is 9.63. The molecule has 0 aliphatic carbocycles. The first-order valence-electron chi connectivity index (χ1n) is 7.65. The number of benzene rings is 1. The lowest BCUT2D eigenvalue weighted by Crippen LogP contribution is -2.48. The Kier molecular flexibility index (Phi) is 4.36. The van der Waals surface area contributed by atoms with Crippen molar-refractivity contribution < 1.29 is 0 Å².